The molecule has 0 unspecified atom stereocenters. The molecule has 0 aliphatic carbocycles. The number of nitrogens with zero attached hydrogens (tertiary/aromatic N) is 4. The van der Waals surface area contributed by atoms with Crippen LogP contribution in [0.3, 0.4) is 0 Å². The number of hydrogen-bond donors (Lipinski definition) is 0. The van der Waals surface area contributed by atoms with E-state index in [1.165, 1.54) is 6.42 Å². The van der Waals surface area contributed by atoms with Crippen molar-refractivity contribution in [1.29, 1.82) is 5.26 Å². The van der Waals surface area contributed by atoms with Gasteiger partial charge in [0.15, 0.2) is 0 Å². The average molecular weight is 244 g/mol. The molecule has 0 atom stereocenters. The second kappa shape index (κ2) is 4.93. The summed E-state index contributed by atoms with van der Waals surface area (Å²) in [4.78, 5) is 11.0. The molecule has 0 spiro atoms. The molecule has 0 bridgehead atoms. The van der Waals surface area contributed by atoms with E-state index in [0.717, 1.165) is 31.6 Å². The highest BCUT2D eigenvalue weighted by atomic mass is 15.2. The van der Waals surface area contributed by atoms with Crippen LogP contribution < -0.4 is 4.90 Å². The Bertz CT molecular complexity index is 473. The van der Waals surface area contributed by atoms with Gasteiger partial charge in [0.05, 0.1) is 0 Å². The van der Waals surface area contributed by atoms with Crippen LogP contribution in [0.25, 0.3) is 0 Å². The summed E-state index contributed by atoms with van der Waals surface area (Å²) in [5.74, 6) is 0.712. The van der Waals surface area contributed by atoms with Crippen LogP contribution in [-0.4, -0.2) is 23.1 Å². The first kappa shape index (κ1) is 12.8. The Hall–Kier alpha value is -1.63. The molecule has 2 rings (SSSR count). The normalized spacial score (nSPS) is 19.1. The minimum absolute atomic E-state index is 0.399. The van der Waals surface area contributed by atoms with Gasteiger partial charge in [0.1, 0.15) is 11.8 Å². The van der Waals surface area contributed by atoms with Crippen molar-refractivity contribution in [2.24, 2.45) is 5.41 Å². The highest BCUT2D eigenvalue weighted by Gasteiger charge is 2.24. The van der Waals surface area contributed by atoms with Gasteiger partial charge in [-0.25, -0.2) is 9.97 Å². The molecule has 1 aliphatic heterocycles. The number of hydrogen-bond acceptors (Lipinski definition) is 4. The van der Waals surface area contributed by atoms with E-state index in [4.69, 9.17) is 5.26 Å². The van der Waals surface area contributed by atoms with Gasteiger partial charge in [-0.2, -0.15) is 5.26 Å². The maximum absolute atomic E-state index is 8.96. The predicted octanol–water partition coefficient (Wildman–Crippen LogP) is 2.67. The molecule has 96 valence electrons. The second-order valence-corrected chi connectivity index (χ2v) is 5.81. The van der Waals surface area contributed by atoms with E-state index in [-0.39, 0.29) is 0 Å². The summed E-state index contributed by atoms with van der Waals surface area (Å²) in [6.07, 6.45) is 3.54. The summed E-state index contributed by atoms with van der Waals surface area (Å²) >= 11 is 0. The van der Waals surface area contributed by atoms with Crippen molar-refractivity contribution < 1.29 is 0 Å². The van der Waals surface area contributed by atoms with Crippen molar-refractivity contribution in [3.8, 4) is 6.07 Å². The predicted molar refractivity (Wildman–Crippen MR) is 71.3 cm³/mol. The highest BCUT2D eigenvalue weighted by molar-refractivity contribution is 5.36. The van der Waals surface area contributed by atoms with Crippen molar-refractivity contribution in [2.75, 3.05) is 18.0 Å². The van der Waals surface area contributed by atoms with Gasteiger partial charge in [-0.1, -0.05) is 13.8 Å². The molecule has 1 aromatic rings. The van der Waals surface area contributed by atoms with E-state index in [0.29, 0.717) is 17.1 Å². The summed E-state index contributed by atoms with van der Waals surface area (Å²) in [6.45, 7) is 8.50. The molecule has 18 heavy (non-hydrogen) atoms. The molecule has 0 aromatic carbocycles. The summed E-state index contributed by atoms with van der Waals surface area (Å²) < 4.78 is 0. The van der Waals surface area contributed by atoms with Gasteiger partial charge in [-0.3, -0.25) is 0 Å². The number of anilines is 1. The largest absolute Gasteiger partial charge is 0.341 e. The van der Waals surface area contributed by atoms with Crippen LogP contribution in [0.2, 0.25) is 0 Å². The molecular weight excluding hydrogens is 224 g/mol. The molecule has 1 aromatic heterocycles. The van der Waals surface area contributed by atoms with Gasteiger partial charge in [0, 0.05) is 18.8 Å². The lowest BCUT2D eigenvalue weighted by Crippen LogP contribution is -2.27. The minimum atomic E-state index is 0.399. The van der Waals surface area contributed by atoms with Crippen LogP contribution in [0.15, 0.2) is 6.07 Å². The Morgan fingerprint density at radius 3 is 2.78 bits per heavy atom. The molecule has 0 saturated carbocycles. The Kier molecular flexibility index (Phi) is 3.51. The van der Waals surface area contributed by atoms with E-state index in [2.05, 4.69) is 34.8 Å². The third-order valence-corrected chi connectivity index (χ3v) is 3.58. The fraction of sp³-hybridized carbons (Fsp3) is 0.643. The standard InChI is InChI=1S/C14H20N4/c1-11-9-12(10-15)17-13(16-11)18-7-4-5-14(2,3)6-8-18/h9H,4-8H2,1-3H3. The maximum atomic E-state index is 8.96. The lowest BCUT2D eigenvalue weighted by molar-refractivity contribution is 0.325. The lowest BCUT2D eigenvalue weighted by Gasteiger charge is -2.23. The van der Waals surface area contributed by atoms with Crippen LogP contribution in [-0.2, 0) is 0 Å². The smallest absolute Gasteiger partial charge is 0.226 e. The van der Waals surface area contributed by atoms with Crippen molar-refractivity contribution in [3.63, 3.8) is 0 Å². The molecule has 4 nitrogen and oxygen atoms in total. The fourth-order valence-electron chi connectivity index (χ4n) is 2.37. The minimum Gasteiger partial charge on any atom is -0.341 e. The second-order valence-electron chi connectivity index (χ2n) is 5.81. The summed E-state index contributed by atoms with van der Waals surface area (Å²) in [5, 5.41) is 8.96. The Balaban J connectivity index is 2.21. The summed E-state index contributed by atoms with van der Waals surface area (Å²) in [5.41, 5.74) is 1.72. The zero-order valence-electron chi connectivity index (χ0n) is 11.4. The summed E-state index contributed by atoms with van der Waals surface area (Å²) in [6, 6.07) is 3.83. The Labute approximate surface area is 109 Å². The topological polar surface area (TPSA) is 52.8 Å². The van der Waals surface area contributed by atoms with E-state index < -0.39 is 0 Å². The Morgan fingerprint density at radius 1 is 1.28 bits per heavy atom. The van der Waals surface area contributed by atoms with Crippen LogP contribution >= 0.6 is 0 Å². The highest BCUT2D eigenvalue weighted by Crippen LogP contribution is 2.30. The van der Waals surface area contributed by atoms with Crippen molar-refractivity contribution in [3.05, 3.63) is 17.5 Å². The molecule has 4 heteroatoms. The molecule has 1 fully saturated rings. The van der Waals surface area contributed by atoms with Gasteiger partial charge in [0.2, 0.25) is 5.95 Å². The van der Waals surface area contributed by atoms with Crippen LogP contribution in [0, 0.1) is 23.7 Å². The van der Waals surface area contributed by atoms with Crippen LogP contribution in [0.1, 0.15) is 44.5 Å². The van der Waals surface area contributed by atoms with Crippen molar-refractivity contribution in [1.82, 2.24) is 9.97 Å². The number of rotatable bonds is 1. The molecule has 0 amide bonds. The van der Waals surface area contributed by atoms with E-state index >= 15 is 0 Å². The zero-order chi connectivity index (χ0) is 13.2. The monoisotopic (exact) mass is 244 g/mol. The zero-order valence-corrected chi connectivity index (χ0v) is 11.4. The first-order valence-electron chi connectivity index (χ1n) is 6.51. The molecular formula is C14H20N4. The average Bonchev–Trinajstić information content (AvgIpc) is 2.49. The molecule has 1 saturated heterocycles. The van der Waals surface area contributed by atoms with E-state index in [9.17, 15) is 0 Å². The summed E-state index contributed by atoms with van der Waals surface area (Å²) in [7, 11) is 0. The van der Waals surface area contributed by atoms with Crippen LogP contribution in [0.5, 0.6) is 0 Å². The number of aryl methyl sites for hydroxylation is 1. The SMILES string of the molecule is Cc1cc(C#N)nc(N2CCCC(C)(C)CC2)n1. The number of nitriles is 1. The first-order valence-corrected chi connectivity index (χ1v) is 6.51. The van der Waals surface area contributed by atoms with Gasteiger partial charge < -0.3 is 4.90 Å². The Morgan fingerprint density at radius 2 is 2.06 bits per heavy atom. The number of aromatic nitrogens is 2. The fourth-order valence-corrected chi connectivity index (χ4v) is 2.37. The van der Waals surface area contributed by atoms with E-state index in [1.54, 1.807) is 6.07 Å². The molecule has 1 aliphatic rings. The van der Waals surface area contributed by atoms with Crippen molar-refractivity contribution >= 4 is 5.95 Å². The van der Waals surface area contributed by atoms with Crippen molar-refractivity contribution in [2.45, 2.75) is 40.0 Å². The third-order valence-electron chi connectivity index (χ3n) is 3.58. The van der Waals surface area contributed by atoms with Gasteiger partial charge in [0.25, 0.3) is 0 Å². The lowest BCUT2D eigenvalue weighted by atomic mass is 9.85. The van der Waals surface area contributed by atoms with Gasteiger partial charge in [-0.05, 0) is 37.7 Å². The maximum Gasteiger partial charge on any atom is 0.226 e. The van der Waals surface area contributed by atoms with Gasteiger partial charge in [-0.15, -0.1) is 0 Å². The first-order chi connectivity index (χ1) is 8.50. The molecule has 2 heterocycles. The quantitative estimate of drug-likeness (QED) is 0.762. The third kappa shape index (κ3) is 2.98. The van der Waals surface area contributed by atoms with Gasteiger partial charge >= 0.3 is 0 Å². The van der Waals surface area contributed by atoms with E-state index in [1.807, 2.05) is 6.92 Å². The molecule has 0 radical (unpaired) electrons. The molecule has 0 N–H and O–H groups in total. The van der Waals surface area contributed by atoms with Crippen LogP contribution in [0.4, 0.5) is 5.95 Å².